The predicted molar refractivity (Wildman–Crippen MR) is 77.7 cm³/mol. The molecule has 88 valence electrons. The first-order valence-corrected chi connectivity index (χ1v) is 7.08. The maximum atomic E-state index is 12.0. The van der Waals surface area contributed by atoms with Crippen molar-refractivity contribution in [3.05, 3.63) is 53.7 Å². The second kappa shape index (κ2) is 5.04. The van der Waals surface area contributed by atoms with Crippen molar-refractivity contribution in [3.8, 4) is 5.69 Å². The summed E-state index contributed by atoms with van der Waals surface area (Å²) in [5.74, 6) is 0. The van der Waals surface area contributed by atoms with Crippen LogP contribution in [0.1, 0.15) is 5.56 Å². The van der Waals surface area contributed by atoms with Crippen molar-refractivity contribution < 1.29 is 0 Å². The van der Waals surface area contributed by atoms with Gasteiger partial charge in [-0.2, -0.15) is 9.78 Å². The molecular formula is C11H7Br3N2O. The van der Waals surface area contributed by atoms with Crippen LogP contribution in [-0.2, 0) is 0 Å². The van der Waals surface area contributed by atoms with E-state index in [1.807, 2.05) is 25.1 Å². The summed E-state index contributed by atoms with van der Waals surface area (Å²) in [7, 11) is 0. The van der Waals surface area contributed by atoms with E-state index in [-0.39, 0.29) is 5.56 Å². The minimum atomic E-state index is -0.190. The molecule has 0 aliphatic carbocycles. The minimum Gasteiger partial charge on any atom is -0.266 e. The molecule has 3 nitrogen and oxygen atoms in total. The van der Waals surface area contributed by atoms with Gasteiger partial charge in [-0.3, -0.25) is 4.79 Å². The van der Waals surface area contributed by atoms with Crippen LogP contribution in [0.5, 0.6) is 0 Å². The first-order chi connectivity index (χ1) is 8.00. The van der Waals surface area contributed by atoms with E-state index in [1.165, 1.54) is 4.68 Å². The fraction of sp³-hybridized carbons (Fsp3) is 0.0909. The van der Waals surface area contributed by atoms with E-state index in [2.05, 4.69) is 52.9 Å². The molecule has 2 rings (SSSR count). The maximum Gasteiger partial charge on any atom is 0.286 e. The predicted octanol–water partition coefficient (Wildman–Crippen LogP) is 3.83. The number of hydrogen-bond donors (Lipinski definition) is 0. The van der Waals surface area contributed by atoms with Gasteiger partial charge in [0.25, 0.3) is 5.56 Å². The van der Waals surface area contributed by atoms with Gasteiger partial charge in [0.1, 0.15) is 4.47 Å². The van der Waals surface area contributed by atoms with Crippen LogP contribution in [0.3, 0.4) is 0 Å². The Hall–Kier alpha value is -0.460. The van der Waals surface area contributed by atoms with Gasteiger partial charge in [0, 0.05) is 4.47 Å². The topological polar surface area (TPSA) is 34.9 Å². The molecule has 0 atom stereocenters. The number of aromatic nitrogens is 2. The molecule has 1 aromatic heterocycles. The van der Waals surface area contributed by atoms with Gasteiger partial charge in [-0.25, -0.2) is 0 Å². The smallest absolute Gasteiger partial charge is 0.266 e. The summed E-state index contributed by atoms with van der Waals surface area (Å²) in [4.78, 5) is 12.0. The molecule has 1 aromatic carbocycles. The molecule has 1 heterocycles. The quantitative estimate of drug-likeness (QED) is 0.700. The Labute approximate surface area is 123 Å². The Morgan fingerprint density at radius 1 is 1.24 bits per heavy atom. The van der Waals surface area contributed by atoms with E-state index < -0.39 is 0 Å². The Morgan fingerprint density at radius 3 is 2.59 bits per heavy atom. The Bertz CT molecular complexity index is 637. The molecule has 0 spiro atoms. The Morgan fingerprint density at radius 2 is 1.94 bits per heavy atom. The summed E-state index contributed by atoms with van der Waals surface area (Å²) >= 11 is 9.88. The molecule has 0 aliphatic rings. The highest BCUT2D eigenvalue weighted by molar-refractivity contribution is 9.13. The van der Waals surface area contributed by atoms with E-state index in [1.54, 1.807) is 6.20 Å². The van der Waals surface area contributed by atoms with Crippen LogP contribution in [0.4, 0.5) is 0 Å². The first kappa shape index (κ1) is 13.0. The third kappa shape index (κ3) is 2.53. The number of benzene rings is 1. The van der Waals surface area contributed by atoms with E-state index in [0.717, 1.165) is 15.7 Å². The van der Waals surface area contributed by atoms with E-state index in [0.29, 0.717) is 8.95 Å². The molecule has 0 aliphatic heterocycles. The highest BCUT2D eigenvalue weighted by atomic mass is 79.9. The van der Waals surface area contributed by atoms with Gasteiger partial charge in [-0.05, 0) is 62.5 Å². The molecule has 0 radical (unpaired) electrons. The van der Waals surface area contributed by atoms with Gasteiger partial charge < -0.3 is 0 Å². The Balaban J connectivity index is 2.70. The van der Waals surface area contributed by atoms with Crippen LogP contribution in [0.15, 0.2) is 42.6 Å². The lowest BCUT2D eigenvalue weighted by atomic mass is 10.2. The van der Waals surface area contributed by atoms with Crippen LogP contribution in [0.25, 0.3) is 5.69 Å². The lowest BCUT2D eigenvalue weighted by Crippen LogP contribution is -2.22. The molecule has 0 saturated carbocycles. The molecule has 6 heteroatoms. The highest BCUT2D eigenvalue weighted by Crippen LogP contribution is 2.20. The van der Waals surface area contributed by atoms with Crippen LogP contribution in [-0.4, -0.2) is 9.78 Å². The number of halogens is 3. The molecule has 0 fully saturated rings. The maximum absolute atomic E-state index is 12.0. The summed E-state index contributed by atoms with van der Waals surface area (Å²) in [6, 6.07) is 5.68. The van der Waals surface area contributed by atoms with E-state index in [9.17, 15) is 4.79 Å². The fourth-order valence-electron chi connectivity index (χ4n) is 1.44. The summed E-state index contributed by atoms with van der Waals surface area (Å²) in [5.41, 5.74) is 1.55. The van der Waals surface area contributed by atoms with Crippen molar-refractivity contribution in [1.82, 2.24) is 9.78 Å². The summed E-state index contributed by atoms with van der Waals surface area (Å²) in [6.45, 7) is 1.93. The zero-order valence-electron chi connectivity index (χ0n) is 8.75. The largest absolute Gasteiger partial charge is 0.286 e. The lowest BCUT2D eigenvalue weighted by molar-refractivity contribution is 0.791. The van der Waals surface area contributed by atoms with Crippen molar-refractivity contribution in [3.63, 3.8) is 0 Å². The molecule has 0 bridgehead atoms. The normalized spacial score (nSPS) is 10.6. The number of hydrogen-bond acceptors (Lipinski definition) is 2. The summed E-state index contributed by atoms with van der Waals surface area (Å²) < 4.78 is 3.46. The molecule has 0 amide bonds. The van der Waals surface area contributed by atoms with E-state index in [4.69, 9.17) is 0 Å². The average molecular weight is 423 g/mol. The SMILES string of the molecule is Cc1cc(Br)ccc1-n1ncc(Br)c(Br)c1=O. The van der Waals surface area contributed by atoms with Crippen molar-refractivity contribution in [2.24, 2.45) is 0 Å². The molecule has 2 aromatic rings. The molecular weight excluding hydrogens is 416 g/mol. The zero-order valence-corrected chi connectivity index (χ0v) is 13.5. The van der Waals surface area contributed by atoms with Crippen LogP contribution < -0.4 is 5.56 Å². The minimum absolute atomic E-state index is 0.190. The fourth-order valence-corrected chi connectivity index (χ4v) is 2.45. The number of nitrogens with zero attached hydrogens (tertiary/aromatic N) is 2. The molecule has 0 saturated heterocycles. The zero-order chi connectivity index (χ0) is 12.6. The van der Waals surface area contributed by atoms with Gasteiger partial charge in [0.05, 0.1) is 16.4 Å². The van der Waals surface area contributed by atoms with Crippen LogP contribution in [0.2, 0.25) is 0 Å². The summed E-state index contributed by atoms with van der Waals surface area (Å²) in [5, 5.41) is 4.11. The van der Waals surface area contributed by atoms with Gasteiger partial charge in [0.15, 0.2) is 0 Å². The van der Waals surface area contributed by atoms with Gasteiger partial charge >= 0.3 is 0 Å². The average Bonchev–Trinajstić information content (AvgIpc) is 2.28. The van der Waals surface area contributed by atoms with Crippen molar-refractivity contribution >= 4 is 47.8 Å². The number of aryl methyl sites for hydroxylation is 1. The van der Waals surface area contributed by atoms with Gasteiger partial charge in [0.2, 0.25) is 0 Å². The highest BCUT2D eigenvalue weighted by Gasteiger charge is 2.10. The first-order valence-electron chi connectivity index (χ1n) is 4.70. The van der Waals surface area contributed by atoms with Gasteiger partial charge in [-0.1, -0.05) is 15.9 Å². The molecule has 17 heavy (non-hydrogen) atoms. The molecule has 0 unspecified atom stereocenters. The third-order valence-corrected chi connectivity index (χ3v) is 4.66. The molecule has 0 N–H and O–H groups in total. The standard InChI is InChI=1S/C11H7Br3N2O/c1-6-4-7(12)2-3-9(6)16-11(17)10(14)8(13)5-15-16/h2-5H,1H3. The number of rotatable bonds is 1. The van der Waals surface area contributed by atoms with Crippen molar-refractivity contribution in [2.75, 3.05) is 0 Å². The second-order valence-electron chi connectivity index (χ2n) is 3.45. The Kier molecular flexibility index (Phi) is 3.85. The van der Waals surface area contributed by atoms with Gasteiger partial charge in [-0.15, -0.1) is 0 Å². The van der Waals surface area contributed by atoms with Crippen LogP contribution in [0, 0.1) is 6.92 Å². The second-order valence-corrected chi connectivity index (χ2v) is 6.02. The third-order valence-electron chi connectivity index (χ3n) is 2.26. The van der Waals surface area contributed by atoms with Crippen LogP contribution >= 0.6 is 47.8 Å². The van der Waals surface area contributed by atoms with E-state index >= 15 is 0 Å². The lowest BCUT2D eigenvalue weighted by Gasteiger charge is -2.08. The van der Waals surface area contributed by atoms with Crippen molar-refractivity contribution in [1.29, 1.82) is 0 Å². The monoisotopic (exact) mass is 420 g/mol. The summed E-state index contributed by atoms with van der Waals surface area (Å²) in [6.07, 6.45) is 1.59. The van der Waals surface area contributed by atoms with Crippen molar-refractivity contribution in [2.45, 2.75) is 6.92 Å².